The van der Waals surface area contributed by atoms with Gasteiger partial charge in [0.1, 0.15) is 5.82 Å². The molecule has 0 aliphatic carbocycles. The Morgan fingerprint density at radius 2 is 2.10 bits per heavy atom. The van der Waals surface area contributed by atoms with Crippen LogP contribution < -0.4 is 5.32 Å². The lowest BCUT2D eigenvalue weighted by molar-refractivity contribution is -0.123. The Morgan fingerprint density at radius 3 is 2.80 bits per heavy atom. The maximum atomic E-state index is 13.5. The Kier molecular flexibility index (Phi) is 4.45. The molecule has 5 nitrogen and oxygen atoms in total. The predicted octanol–water partition coefficient (Wildman–Crippen LogP) is 2.19. The fraction of sp³-hybridized carbons (Fsp3) is 0.357. The SMILES string of the molecule is CC(C)C(=O)NCCc1nnc(-c2ccccc2F)o1. The van der Waals surface area contributed by atoms with Crippen molar-refractivity contribution >= 4 is 5.91 Å². The lowest BCUT2D eigenvalue weighted by atomic mass is 10.2. The van der Waals surface area contributed by atoms with Gasteiger partial charge in [0.05, 0.1) is 5.56 Å². The van der Waals surface area contributed by atoms with Crippen molar-refractivity contribution in [2.45, 2.75) is 20.3 Å². The summed E-state index contributed by atoms with van der Waals surface area (Å²) < 4.78 is 18.9. The number of nitrogens with zero attached hydrogens (tertiary/aromatic N) is 2. The first kappa shape index (κ1) is 14.2. The number of hydrogen-bond donors (Lipinski definition) is 1. The van der Waals surface area contributed by atoms with E-state index in [9.17, 15) is 9.18 Å². The van der Waals surface area contributed by atoms with Gasteiger partial charge < -0.3 is 9.73 Å². The maximum absolute atomic E-state index is 13.5. The van der Waals surface area contributed by atoms with Crippen molar-refractivity contribution in [3.63, 3.8) is 0 Å². The number of amides is 1. The lowest BCUT2D eigenvalue weighted by Gasteiger charge is -2.05. The number of aromatic nitrogens is 2. The van der Waals surface area contributed by atoms with Crippen LogP contribution in [0, 0.1) is 11.7 Å². The van der Waals surface area contributed by atoms with E-state index in [2.05, 4.69) is 15.5 Å². The van der Waals surface area contributed by atoms with E-state index in [4.69, 9.17) is 4.42 Å². The van der Waals surface area contributed by atoms with Gasteiger partial charge in [-0.25, -0.2) is 4.39 Å². The number of carbonyl (C=O) groups excluding carboxylic acids is 1. The van der Waals surface area contributed by atoms with Gasteiger partial charge in [-0.05, 0) is 12.1 Å². The van der Waals surface area contributed by atoms with E-state index in [0.29, 0.717) is 18.9 Å². The highest BCUT2D eigenvalue weighted by molar-refractivity contribution is 5.77. The van der Waals surface area contributed by atoms with Crippen molar-refractivity contribution in [3.05, 3.63) is 36.0 Å². The lowest BCUT2D eigenvalue weighted by Crippen LogP contribution is -2.29. The van der Waals surface area contributed by atoms with Crippen LogP contribution in [0.2, 0.25) is 0 Å². The van der Waals surface area contributed by atoms with E-state index in [1.54, 1.807) is 18.2 Å². The molecule has 1 aromatic carbocycles. The second-order valence-electron chi connectivity index (χ2n) is 4.68. The molecule has 2 aromatic rings. The summed E-state index contributed by atoms with van der Waals surface area (Å²) in [6.45, 7) is 4.05. The Morgan fingerprint density at radius 1 is 1.35 bits per heavy atom. The van der Waals surface area contributed by atoms with E-state index in [1.165, 1.54) is 6.07 Å². The molecule has 1 heterocycles. The van der Waals surface area contributed by atoms with Crippen molar-refractivity contribution in [1.29, 1.82) is 0 Å². The van der Waals surface area contributed by atoms with Gasteiger partial charge in [-0.2, -0.15) is 0 Å². The summed E-state index contributed by atoms with van der Waals surface area (Å²) in [6, 6.07) is 6.21. The maximum Gasteiger partial charge on any atom is 0.250 e. The van der Waals surface area contributed by atoms with Gasteiger partial charge >= 0.3 is 0 Å². The van der Waals surface area contributed by atoms with Crippen LogP contribution in [-0.2, 0) is 11.2 Å². The van der Waals surface area contributed by atoms with Crippen LogP contribution in [0.15, 0.2) is 28.7 Å². The minimum Gasteiger partial charge on any atom is -0.421 e. The first-order valence-corrected chi connectivity index (χ1v) is 6.43. The molecule has 0 unspecified atom stereocenters. The number of nitrogens with one attached hydrogen (secondary N) is 1. The number of rotatable bonds is 5. The number of carbonyl (C=O) groups is 1. The van der Waals surface area contributed by atoms with Gasteiger partial charge in [-0.1, -0.05) is 26.0 Å². The highest BCUT2D eigenvalue weighted by Gasteiger charge is 2.12. The van der Waals surface area contributed by atoms with Crippen LogP contribution in [0.25, 0.3) is 11.5 Å². The highest BCUT2D eigenvalue weighted by Crippen LogP contribution is 2.20. The molecule has 0 aliphatic heterocycles. The quantitative estimate of drug-likeness (QED) is 0.909. The van der Waals surface area contributed by atoms with Crippen LogP contribution in [0.3, 0.4) is 0 Å². The van der Waals surface area contributed by atoms with Gasteiger partial charge in [-0.15, -0.1) is 10.2 Å². The Hall–Kier alpha value is -2.24. The molecule has 0 atom stereocenters. The molecular weight excluding hydrogens is 261 g/mol. The van der Waals surface area contributed by atoms with Crippen LogP contribution in [0.5, 0.6) is 0 Å². The standard InChI is InChI=1S/C14H16FN3O2/c1-9(2)13(19)16-8-7-12-17-18-14(20-12)10-5-3-4-6-11(10)15/h3-6,9H,7-8H2,1-2H3,(H,16,19). The first-order chi connectivity index (χ1) is 9.58. The van der Waals surface area contributed by atoms with E-state index < -0.39 is 5.82 Å². The van der Waals surface area contributed by atoms with Crippen molar-refractivity contribution < 1.29 is 13.6 Å². The molecule has 0 saturated heterocycles. The largest absolute Gasteiger partial charge is 0.421 e. The molecule has 1 aromatic heterocycles. The molecule has 0 aliphatic rings. The molecule has 0 saturated carbocycles. The average Bonchev–Trinajstić information content (AvgIpc) is 2.87. The molecule has 106 valence electrons. The second-order valence-corrected chi connectivity index (χ2v) is 4.68. The molecule has 0 fully saturated rings. The Balaban J connectivity index is 1.96. The van der Waals surface area contributed by atoms with Crippen molar-refractivity contribution in [2.24, 2.45) is 5.92 Å². The van der Waals surface area contributed by atoms with Gasteiger partial charge in [0.2, 0.25) is 11.8 Å². The molecule has 1 N–H and O–H groups in total. The molecule has 0 radical (unpaired) electrons. The predicted molar refractivity (Wildman–Crippen MR) is 71.2 cm³/mol. The summed E-state index contributed by atoms with van der Waals surface area (Å²) in [5, 5.41) is 10.4. The minimum atomic E-state index is -0.407. The normalized spacial score (nSPS) is 10.8. The van der Waals surface area contributed by atoms with Crippen molar-refractivity contribution in [1.82, 2.24) is 15.5 Å². The number of halogens is 1. The number of benzene rings is 1. The summed E-state index contributed by atoms with van der Waals surface area (Å²) in [4.78, 5) is 11.4. The summed E-state index contributed by atoms with van der Waals surface area (Å²) in [5.41, 5.74) is 0.275. The van der Waals surface area contributed by atoms with E-state index in [-0.39, 0.29) is 23.3 Å². The highest BCUT2D eigenvalue weighted by atomic mass is 19.1. The zero-order chi connectivity index (χ0) is 14.5. The van der Waals surface area contributed by atoms with Crippen molar-refractivity contribution in [3.8, 4) is 11.5 Å². The average molecular weight is 277 g/mol. The van der Waals surface area contributed by atoms with E-state index >= 15 is 0 Å². The van der Waals surface area contributed by atoms with Crippen LogP contribution in [0.1, 0.15) is 19.7 Å². The third kappa shape index (κ3) is 3.40. The summed E-state index contributed by atoms with van der Waals surface area (Å²) in [5.74, 6) is 0.0157. The molecular formula is C14H16FN3O2. The third-order valence-corrected chi connectivity index (χ3v) is 2.73. The summed E-state index contributed by atoms with van der Waals surface area (Å²) in [7, 11) is 0. The fourth-order valence-corrected chi connectivity index (χ4v) is 1.59. The van der Waals surface area contributed by atoms with E-state index in [0.717, 1.165) is 0 Å². The molecule has 0 bridgehead atoms. The zero-order valence-electron chi connectivity index (χ0n) is 11.4. The molecule has 1 amide bonds. The van der Waals surface area contributed by atoms with Gasteiger partial charge in [-0.3, -0.25) is 4.79 Å². The Labute approximate surface area is 116 Å². The Bertz CT molecular complexity index is 596. The molecule has 6 heteroatoms. The molecule has 2 rings (SSSR count). The van der Waals surface area contributed by atoms with Gasteiger partial charge in [0.15, 0.2) is 0 Å². The first-order valence-electron chi connectivity index (χ1n) is 6.43. The van der Waals surface area contributed by atoms with E-state index in [1.807, 2.05) is 13.8 Å². The van der Waals surface area contributed by atoms with Gasteiger partial charge in [0, 0.05) is 18.9 Å². The minimum absolute atomic E-state index is 0.0288. The topological polar surface area (TPSA) is 68.0 Å². The summed E-state index contributed by atoms with van der Waals surface area (Å²) >= 11 is 0. The number of hydrogen-bond acceptors (Lipinski definition) is 4. The fourth-order valence-electron chi connectivity index (χ4n) is 1.59. The third-order valence-electron chi connectivity index (χ3n) is 2.73. The van der Waals surface area contributed by atoms with Crippen LogP contribution in [0.4, 0.5) is 4.39 Å². The van der Waals surface area contributed by atoms with Gasteiger partial charge in [0.25, 0.3) is 5.89 Å². The monoisotopic (exact) mass is 277 g/mol. The van der Waals surface area contributed by atoms with Crippen LogP contribution >= 0.6 is 0 Å². The molecule has 0 spiro atoms. The smallest absolute Gasteiger partial charge is 0.250 e. The van der Waals surface area contributed by atoms with Crippen LogP contribution in [-0.4, -0.2) is 22.6 Å². The zero-order valence-corrected chi connectivity index (χ0v) is 11.4. The summed E-state index contributed by atoms with van der Waals surface area (Å²) in [6.07, 6.45) is 0.417. The van der Waals surface area contributed by atoms with Crippen molar-refractivity contribution in [2.75, 3.05) is 6.54 Å². The molecule has 20 heavy (non-hydrogen) atoms. The second kappa shape index (κ2) is 6.27.